The van der Waals surface area contributed by atoms with E-state index in [1.54, 1.807) is 0 Å². The molecule has 4 heteroatoms. The minimum Gasteiger partial charge on any atom is -0.396 e. The van der Waals surface area contributed by atoms with Crippen molar-refractivity contribution in [3.63, 3.8) is 0 Å². The van der Waals surface area contributed by atoms with Crippen LogP contribution in [0.4, 0.5) is 0 Å². The van der Waals surface area contributed by atoms with E-state index in [4.69, 9.17) is 10.2 Å². The van der Waals surface area contributed by atoms with Gasteiger partial charge in [0.15, 0.2) is 0 Å². The SMILES string of the molecule is CC(C)(CCCO)N=NC(C)(C)CCCO. The summed E-state index contributed by atoms with van der Waals surface area (Å²) >= 11 is 0. The largest absolute Gasteiger partial charge is 0.396 e. The topological polar surface area (TPSA) is 65.2 Å². The molecule has 0 saturated heterocycles. The van der Waals surface area contributed by atoms with Gasteiger partial charge in [-0.3, -0.25) is 0 Å². The number of nitrogens with zero attached hydrogens (tertiary/aromatic N) is 2. The third kappa shape index (κ3) is 7.77. The molecule has 0 spiro atoms. The molecule has 4 nitrogen and oxygen atoms in total. The van der Waals surface area contributed by atoms with E-state index in [2.05, 4.69) is 10.2 Å². The quantitative estimate of drug-likeness (QED) is 0.629. The smallest absolute Gasteiger partial charge is 0.0761 e. The van der Waals surface area contributed by atoms with E-state index in [9.17, 15) is 0 Å². The second-order valence-electron chi connectivity index (χ2n) is 5.48. The number of azo groups is 1. The molecule has 0 aromatic heterocycles. The minimum atomic E-state index is -0.209. The third-order valence-corrected chi connectivity index (χ3v) is 2.48. The normalized spacial score (nSPS) is 13.6. The van der Waals surface area contributed by atoms with Gasteiger partial charge in [0.25, 0.3) is 0 Å². The summed E-state index contributed by atoms with van der Waals surface area (Å²) in [4.78, 5) is 0. The van der Waals surface area contributed by atoms with Crippen LogP contribution in [0.1, 0.15) is 53.4 Å². The molecule has 0 saturated carbocycles. The van der Waals surface area contributed by atoms with Gasteiger partial charge in [-0.1, -0.05) is 0 Å². The van der Waals surface area contributed by atoms with Crippen LogP contribution in [0, 0.1) is 0 Å². The minimum absolute atomic E-state index is 0.201. The van der Waals surface area contributed by atoms with Gasteiger partial charge in [-0.25, -0.2) is 0 Å². The molecule has 0 bridgehead atoms. The van der Waals surface area contributed by atoms with Crippen LogP contribution < -0.4 is 0 Å². The first-order valence-corrected chi connectivity index (χ1v) is 5.99. The van der Waals surface area contributed by atoms with Crippen LogP contribution in [0.2, 0.25) is 0 Å². The van der Waals surface area contributed by atoms with Crippen molar-refractivity contribution in [2.45, 2.75) is 64.5 Å². The Kier molecular flexibility index (Phi) is 6.76. The first-order valence-electron chi connectivity index (χ1n) is 5.99. The summed E-state index contributed by atoms with van der Waals surface area (Å²) in [6.45, 7) is 8.49. The number of aliphatic hydroxyl groups is 2. The van der Waals surface area contributed by atoms with Gasteiger partial charge in [0, 0.05) is 13.2 Å². The van der Waals surface area contributed by atoms with E-state index in [0.717, 1.165) is 25.7 Å². The van der Waals surface area contributed by atoms with Crippen molar-refractivity contribution < 1.29 is 10.2 Å². The van der Waals surface area contributed by atoms with E-state index in [-0.39, 0.29) is 24.3 Å². The summed E-state index contributed by atoms with van der Waals surface area (Å²) in [5.74, 6) is 0. The van der Waals surface area contributed by atoms with Gasteiger partial charge < -0.3 is 10.2 Å². The molecule has 0 unspecified atom stereocenters. The molecule has 0 fully saturated rings. The lowest BCUT2D eigenvalue weighted by Crippen LogP contribution is -2.21. The van der Waals surface area contributed by atoms with E-state index in [1.165, 1.54) is 0 Å². The molecule has 0 radical (unpaired) electrons. The lowest BCUT2D eigenvalue weighted by molar-refractivity contribution is 0.257. The molecule has 0 heterocycles. The highest BCUT2D eigenvalue weighted by Crippen LogP contribution is 2.22. The molecular weight excluding hydrogens is 204 g/mol. The van der Waals surface area contributed by atoms with Crippen LogP contribution in [0.3, 0.4) is 0 Å². The van der Waals surface area contributed by atoms with Gasteiger partial charge in [-0.15, -0.1) is 0 Å². The Hall–Kier alpha value is -0.480. The standard InChI is InChI=1S/C12H26N2O2/c1-11(2,7-5-9-15)13-14-12(3,4)8-6-10-16/h15-16H,5-10H2,1-4H3. The van der Waals surface area contributed by atoms with Gasteiger partial charge in [0.1, 0.15) is 0 Å². The predicted molar refractivity (Wildman–Crippen MR) is 65.7 cm³/mol. The fourth-order valence-corrected chi connectivity index (χ4v) is 1.39. The zero-order chi connectivity index (χ0) is 12.7. The van der Waals surface area contributed by atoms with Crippen molar-refractivity contribution in [3.05, 3.63) is 0 Å². The molecule has 0 aliphatic rings. The molecule has 2 N–H and O–H groups in total. The zero-order valence-electron chi connectivity index (χ0n) is 11.0. The van der Waals surface area contributed by atoms with Crippen molar-refractivity contribution in [1.82, 2.24) is 0 Å². The van der Waals surface area contributed by atoms with Gasteiger partial charge in [0.05, 0.1) is 11.1 Å². The Labute approximate surface area is 98.8 Å². The van der Waals surface area contributed by atoms with Crippen LogP contribution in [0.15, 0.2) is 10.2 Å². The van der Waals surface area contributed by atoms with Crippen molar-refractivity contribution in [2.24, 2.45) is 10.2 Å². The molecule has 0 aliphatic carbocycles. The van der Waals surface area contributed by atoms with Crippen LogP contribution >= 0.6 is 0 Å². The fraction of sp³-hybridized carbons (Fsp3) is 1.00. The molecule has 0 aromatic carbocycles. The summed E-state index contributed by atoms with van der Waals surface area (Å²) < 4.78 is 0. The maximum absolute atomic E-state index is 8.77. The third-order valence-electron chi connectivity index (χ3n) is 2.48. The maximum atomic E-state index is 8.77. The molecule has 0 rings (SSSR count). The Balaban J connectivity index is 4.21. The summed E-state index contributed by atoms with van der Waals surface area (Å²) in [6.07, 6.45) is 3.18. The fourth-order valence-electron chi connectivity index (χ4n) is 1.39. The average Bonchev–Trinajstić information content (AvgIpc) is 2.22. The van der Waals surface area contributed by atoms with E-state index in [1.807, 2.05) is 27.7 Å². The summed E-state index contributed by atoms with van der Waals surface area (Å²) in [5, 5.41) is 26.2. The Morgan fingerprint density at radius 1 is 0.750 bits per heavy atom. The van der Waals surface area contributed by atoms with E-state index >= 15 is 0 Å². The molecule has 0 aromatic rings. The van der Waals surface area contributed by atoms with Gasteiger partial charge in [-0.2, -0.15) is 10.2 Å². The first-order chi connectivity index (χ1) is 7.33. The maximum Gasteiger partial charge on any atom is 0.0761 e. The monoisotopic (exact) mass is 230 g/mol. The van der Waals surface area contributed by atoms with Crippen LogP contribution in [-0.4, -0.2) is 34.5 Å². The first kappa shape index (κ1) is 15.5. The Morgan fingerprint density at radius 2 is 1.06 bits per heavy atom. The summed E-state index contributed by atoms with van der Waals surface area (Å²) in [6, 6.07) is 0. The number of hydrogen-bond donors (Lipinski definition) is 2. The van der Waals surface area contributed by atoms with Gasteiger partial charge in [0.2, 0.25) is 0 Å². The number of rotatable bonds is 8. The number of aliphatic hydroxyl groups excluding tert-OH is 2. The Morgan fingerprint density at radius 3 is 1.31 bits per heavy atom. The Bertz CT molecular complexity index is 191. The highest BCUT2D eigenvalue weighted by Gasteiger charge is 2.20. The van der Waals surface area contributed by atoms with Crippen molar-refractivity contribution >= 4 is 0 Å². The highest BCUT2D eigenvalue weighted by molar-refractivity contribution is 4.80. The lowest BCUT2D eigenvalue weighted by Gasteiger charge is -2.22. The molecule has 0 amide bonds. The molecule has 0 atom stereocenters. The second-order valence-corrected chi connectivity index (χ2v) is 5.48. The van der Waals surface area contributed by atoms with Crippen LogP contribution in [0.5, 0.6) is 0 Å². The van der Waals surface area contributed by atoms with Gasteiger partial charge in [-0.05, 0) is 53.4 Å². The van der Waals surface area contributed by atoms with Crippen molar-refractivity contribution in [2.75, 3.05) is 13.2 Å². The van der Waals surface area contributed by atoms with Crippen molar-refractivity contribution in [1.29, 1.82) is 0 Å². The summed E-state index contributed by atoms with van der Waals surface area (Å²) in [5.41, 5.74) is -0.418. The summed E-state index contributed by atoms with van der Waals surface area (Å²) in [7, 11) is 0. The lowest BCUT2D eigenvalue weighted by atomic mass is 9.99. The second kappa shape index (κ2) is 6.97. The van der Waals surface area contributed by atoms with Gasteiger partial charge >= 0.3 is 0 Å². The van der Waals surface area contributed by atoms with Crippen LogP contribution in [-0.2, 0) is 0 Å². The highest BCUT2D eigenvalue weighted by atomic mass is 16.3. The molecule has 96 valence electrons. The zero-order valence-corrected chi connectivity index (χ0v) is 11.0. The van der Waals surface area contributed by atoms with E-state index < -0.39 is 0 Å². The van der Waals surface area contributed by atoms with E-state index in [0.29, 0.717) is 0 Å². The molecular formula is C12H26N2O2. The predicted octanol–water partition coefficient (Wildman–Crippen LogP) is 2.54. The number of hydrogen-bond acceptors (Lipinski definition) is 4. The average molecular weight is 230 g/mol. The molecule has 16 heavy (non-hydrogen) atoms. The van der Waals surface area contributed by atoms with Crippen LogP contribution in [0.25, 0.3) is 0 Å². The van der Waals surface area contributed by atoms with Crippen molar-refractivity contribution in [3.8, 4) is 0 Å². The molecule has 0 aliphatic heterocycles.